The predicted molar refractivity (Wildman–Crippen MR) is 75.6 cm³/mol. The zero-order valence-corrected chi connectivity index (χ0v) is 11.4. The Morgan fingerprint density at radius 2 is 2.05 bits per heavy atom. The summed E-state index contributed by atoms with van der Waals surface area (Å²) in [5, 5.41) is 5.60. The highest BCUT2D eigenvalue weighted by atomic mass is 16.2. The van der Waals surface area contributed by atoms with E-state index in [1.165, 1.54) is 0 Å². The van der Waals surface area contributed by atoms with E-state index in [9.17, 15) is 9.59 Å². The van der Waals surface area contributed by atoms with Crippen LogP contribution < -0.4 is 10.6 Å². The van der Waals surface area contributed by atoms with E-state index in [0.717, 1.165) is 12.8 Å². The smallest absolute Gasteiger partial charge is 0.242 e. The van der Waals surface area contributed by atoms with Gasteiger partial charge in [-0.3, -0.25) is 14.5 Å². The first-order valence-electron chi connectivity index (χ1n) is 6.68. The summed E-state index contributed by atoms with van der Waals surface area (Å²) < 4.78 is 0. The quantitative estimate of drug-likeness (QED) is 0.657. The summed E-state index contributed by atoms with van der Waals surface area (Å²) in [6, 6.07) is -0.399. The van der Waals surface area contributed by atoms with Gasteiger partial charge in [-0.15, -0.1) is 13.2 Å². The molecule has 1 saturated heterocycles. The van der Waals surface area contributed by atoms with Crippen molar-refractivity contribution in [3.05, 3.63) is 25.3 Å². The average Bonchev–Trinajstić information content (AvgIpc) is 2.55. The van der Waals surface area contributed by atoms with E-state index < -0.39 is 6.04 Å². The second kappa shape index (κ2) is 8.48. The zero-order chi connectivity index (χ0) is 14.1. The third-order valence-corrected chi connectivity index (χ3v) is 3.01. The van der Waals surface area contributed by atoms with Crippen molar-refractivity contribution in [3.8, 4) is 0 Å². The average molecular weight is 265 g/mol. The summed E-state index contributed by atoms with van der Waals surface area (Å²) in [7, 11) is 0. The van der Waals surface area contributed by atoms with Gasteiger partial charge < -0.3 is 10.6 Å². The van der Waals surface area contributed by atoms with E-state index in [0.29, 0.717) is 26.1 Å². The highest BCUT2D eigenvalue weighted by Gasteiger charge is 2.22. The molecule has 0 spiro atoms. The van der Waals surface area contributed by atoms with Crippen LogP contribution in [0.1, 0.15) is 19.3 Å². The predicted octanol–water partition coefficient (Wildman–Crippen LogP) is 0.445. The van der Waals surface area contributed by atoms with Gasteiger partial charge in [-0.05, 0) is 19.3 Å². The van der Waals surface area contributed by atoms with Gasteiger partial charge in [0.2, 0.25) is 11.8 Å². The summed E-state index contributed by atoms with van der Waals surface area (Å²) in [6.07, 6.45) is 6.12. The monoisotopic (exact) mass is 265 g/mol. The van der Waals surface area contributed by atoms with Crippen LogP contribution in [0.15, 0.2) is 25.3 Å². The van der Waals surface area contributed by atoms with Crippen molar-refractivity contribution >= 4 is 11.8 Å². The van der Waals surface area contributed by atoms with Crippen molar-refractivity contribution in [2.45, 2.75) is 25.3 Å². The lowest BCUT2D eigenvalue weighted by atomic mass is 10.1. The Labute approximate surface area is 114 Å². The number of amides is 2. The summed E-state index contributed by atoms with van der Waals surface area (Å²) in [4.78, 5) is 25.5. The second-order valence-electron chi connectivity index (χ2n) is 4.68. The molecule has 1 unspecified atom stereocenters. The first kappa shape index (κ1) is 15.4. The summed E-state index contributed by atoms with van der Waals surface area (Å²) >= 11 is 0. The minimum absolute atomic E-state index is 0.0789. The molecular weight excluding hydrogens is 242 g/mol. The van der Waals surface area contributed by atoms with Crippen molar-refractivity contribution in [1.82, 2.24) is 15.5 Å². The molecule has 2 N–H and O–H groups in total. The van der Waals surface area contributed by atoms with Crippen molar-refractivity contribution in [2.24, 2.45) is 0 Å². The molecule has 1 atom stereocenters. The molecule has 1 fully saturated rings. The van der Waals surface area contributed by atoms with Crippen LogP contribution in [0.5, 0.6) is 0 Å². The molecule has 5 nitrogen and oxygen atoms in total. The van der Waals surface area contributed by atoms with E-state index in [2.05, 4.69) is 23.8 Å². The fourth-order valence-electron chi connectivity index (χ4n) is 2.09. The lowest BCUT2D eigenvalue weighted by molar-refractivity contribution is -0.129. The number of carbonyl (C=O) groups is 2. The number of rotatable bonds is 7. The van der Waals surface area contributed by atoms with Gasteiger partial charge in [0.25, 0.3) is 0 Å². The summed E-state index contributed by atoms with van der Waals surface area (Å²) in [6.45, 7) is 9.51. The van der Waals surface area contributed by atoms with Crippen LogP contribution in [0.4, 0.5) is 0 Å². The Morgan fingerprint density at radius 3 is 2.68 bits per heavy atom. The van der Waals surface area contributed by atoms with Gasteiger partial charge in [-0.1, -0.05) is 12.2 Å². The molecule has 0 aromatic rings. The van der Waals surface area contributed by atoms with Crippen molar-refractivity contribution in [2.75, 3.05) is 26.2 Å². The molecule has 1 aliphatic rings. The first-order chi connectivity index (χ1) is 9.17. The first-order valence-corrected chi connectivity index (χ1v) is 6.68. The van der Waals surface area contributed by atoms with E-state index in [4.69, 9.17) is 0 Å². The van der Waals surface area contributed by atoms with Gasteiger partial charge in [0.15, 0.2) is 0 Å². The van der Waals surface area contributed by atoms with Gasteiger partial charge in [-0.25, -0.2) is 0 Å². The molecule has 0 aromatic heterocycles. The maximum absolute atomic E-state index is 11.9. The number of hydrogen-bond donors (Lipinski definition) is 2. The molecule has 0 saturated carbocycles. The van der Waals surface area contributed by atoms with Crippen LogP contribution in [-0.4, -0.2) is 48.9 Å². The molecule has 5 heteroatoms. The van der Waals surface area contributed by atoms with Gasteiger partial charge in [-0.2, -0.15) is 0 Å². The van der Waals surface area contributed by atoms with Crippen molar-refractivity contribution in [1.29, 1.82) is 0 Å². The van der Waals surface area contributed by atoms with E-state index in [1.807, 2.05) is 4.90 Å². The van der Waals surface area contributed by atoms with E-state index in [-0.39, 0.29) is 18.4 Å². The highest BCUT2D eigenvalue weighted by molar-refractivity contribution is 5.88. The Hall–Kier alpha value is -1.62. The van der Waals surface area contributed by atoms with E-state index >= 15 is 0 Å². The van der Waals surface area contributed by atoms with Crippen LogP contribution in [0.2, 0.25) is 0 Å². The maximum atomic E-state index is 11.9. The number of nitrogens with one attached hydrogen (secondary N) is 2. The zero-order valence-electron chi connectivity index (χ0n) is 11.4. The van der Waals surface area contributed by atoms with Crippen LogP contribution in [0.25, 0.3) is 0 Å². The van der Waals surface area contributed by atoms with Gasteiger partial charge in [0.1, 0.15) is 6.04 Å². The largest absolute Gasteiger partial charge is 0.354 e. The van der Waals surface area contributed by atoms with Crippen LogP contribution in [0.3, 0.4) is 0 Å². The molecule has 1 heterocycles. The molecular formula is C14H23N3O2. The lowest BCUT2D eigenvalue weighted by Crippen LogP contribution is -2.48. The molecule has 2 amide bonds. The Morgan fingerprint density at radius 1 is 1.37 bits per heavy atom. The molecule has 19 heavy (non-hydrogen) atoms. The van der Waals surface area contributed by atoms with E-state index in [1.54, 1.807) is 12.2 Å². The van der Waals surface area contributed by atoms with Gasteiger partial charge >= 0.3 is 0 Å². The number of carbonyl (C=O) groups excluding carboxylic acids is 2. The Bertz CT molecular complexity index is 332. The highest BCUT2D eigenvalue weighted by Crippen LogP contribution is 2.05. The topological polar surface area (TPSA) is 61.4 Å². The minimum atomic E-state index is -0.399. The standard InChI is InChI=1S/C14H23N3O2/c1-3-9-17(10-4-2)11-13(18)16-12-7-5-6-8-15-14(12)19/h3-4,12H,1-2,5-11H2,(H,15,19)(H,16,18). The molecule has 0 aromatic carbocycles. The molecule has 0 radical (unpaired) electrons. The van der Waals surface area contributed by atoms with Crippen LogP contribution >= 0.6 is 0 Å². The number of nitrogens with zero attached hydrogens (tertiary/aromatic N) is 1. The van der Waals surface area contributed by atoms with Crippen molar-refractivity contribution in [3.63, 3.8) is 0 Å². The van der Waals surface area contributed by atoms with Gasteiger partial charge in [0.05, 0.1) is 6.54 Å². The third-order valence-electron chi connectivity index (χ3n) is 3.01. The third kappa shape index (κ3) is 5.70. The molecule has 0 aliphatic carbocycles. The molecule has 106 valence electrons. The molecule has 1 rings (SSSR count). The van der Waals surface area contributed by atoms with Gasteiger partial charge in [0, 0.05) is 19.6 Å². The summed E-state index contributed by atoms with van der Waals surface area (Å²) in [5.41, 5.74) is 0. The summed E-state index contributed by atoms with van der Waals surface area (Å²) in [5.74, 6) is -0.212. The Balaban J connectivity index is 2.45. The Kier molecular flexibility index (Phi) is 6.89. The van der Waals surface area contributed by atoms with Crippen molar-refractivity contribution < 1.29 is 9.59 Å². The maximum Gasteiger partial charge on any atom is 0.242 e. The lowest BCUT2D eigenvalue weighted by Gasteiger charge is -2.20. The van der Waals surface area contributed by atoms with Crippen LogP contribution in [-0.2, 0) is 9.59 Å². The molecule has 1 aliphatic heterocycles. The second-order valence-corrected chi connectivity index (χ2v) is 4.68. The minimum Gasteiger partial charge on any atom is -0.354 e. The number of hydrogen-bond acceptors (Lipinski definition) is 3. The normalized spacial score (nSPS) is 19.4. The van der Waals surface area contributed by atoms with Crippen LogP contribution in [0, 0.1) is 0 Å². The fraction of sp³-hybridized carbons (Fsp3) is 0.571. The fourth-order valence-corrected chi connectivity index (χ4v) is 2.09. The molecule has 0 bridgehead atoms. The SMILES string of the molecule is C=CCN(CC=C)CC(=O)NC1CCCCNC1=O.